The first-order valence-corrected chi connectivity index (χ1v) is 10.8. The molecule has 0 fully saturated rings. The predicted molar refractivity (Wildman–Crippen MR) is 132 cm³/mol. The number of aromatic carboxylic acids is 1. The fourth-order valence-electron chi connectivity index (χ4n) is 3.07. The number of rotatable bonds is 8. The number of nitrogens with zero attached hydrogens (tertiary/aromatic N) is 3. The van der Waals surface area contributed by atoms with Gasteiger partial charge in [0.05, 0.1) is 24.3 Å². The van der Waals surface area contributed by atoms with E-state index < -0.39 is 5.97 Å². The lowest BCUT2D eigenvalue weighted by atomic mass is 10.2. The van der Waals surface area contributed by atoms with Crippen molar-refractivity contribution in [2.24, 2.45) is 0 Å². The molecule has 0 aliphatic rings. The Morgan fingerprint density at radius 1 is 0.914 bits per heavy atom. The topological polar surface area (TPSA) is 116 Å². The lowest BCUT2D eigenvalue weighted by Gasteiger charge is -2.12. The Kier molecular flexibility index (Phi) is 7.19. The summed E-state index contributed by atoms with van der Waals surface area (Å²) in [6.07, 6.45) is 0. The summed E-state index contributed by atoms with van der Waals surface area (Å²) >= 11 is 12.5. The molecule has 0 amide bonds. The zero-order valence-corrected chi connectivity index (χ0v) is 20.0. The number of para-hydroxylation sites is 1. The second-order valence-electron chi connectivity index (χ2n) is 6.99. The van der Waals surface area contributed by atoms with E-state index in [1.807, 2.05) is 0 Å². The highest BCUT2D eigenvalue weighted by molar-refractivity contribution is 6.37. The Bertz CT molecular complexity index is 1360. The normalized spacial score (nSPS) is 10.5. The molecule has 0 aliphatic carbocycles. The van der Waals surface area contributed by atoms with Crippen molar-refractivity contribution in [2.45, 2.75) is 0 Å². The second-order valence-corrected chi connectivity index (χ2v) is 7.81. The number of hydrogen-bond acceptors (Lipinski definition) is 8. The van der Waals surface area contributed by atoms with Gasteiger partial charge in [0, 0.05) is 17.3 Å². The Morgan fingerprint density at radius 2 is 1.63 bits per heavy atom. The van der Waals surface area contributed by atoms with E-state index in [9.17, 15) is 9.90 Å². The summed E-state index contributed by atoms with van der Waals surface area (Å²) in [5, 5.41) is 12.9. The number of hydrogen-bond donors (Lipinski definition) is 2. The standard InChI is InChI=1S/C24H18Cl2N4O5/c1-33-15-9-6-13(7-10-15)21-28-23(27-14-8-11-16(22(31)32)19(12-14)34-2)30-24(29-21)35-20-17(25)4-3-5-18(20)26/h3-12H,1-2H3,(H,31,32)(H,27,28,29,30). The van der Waals surface area contributed by atoms with Crippen LogP contribution in [-0.2, 0) is 0 Å². The molecule has 9 nitrogen and oxygen atoms in total. The highest BCUT2D eigenvalue weighted by Crippen LogP contribution is 2.36. The molecular weight excluding hydrogens is 495 g/mol. The van der Waals surface area contributed by atoms with Crippen molar-refractivity contribution in [3.8, 4) is 34.6 Å². The number of carboxylic acid groups (broad SMARTS) is 1. The number of carboxylic acids is 1. The maximum atomic E-state index is 11.4. The molecule has 3 aromatic carbocycles. The first-order valence-electron chi connectivity index (χ1n) is 10.1. The van der Waals surface area contributed by atoms with Crippen LogP contribution in [0.4, 0.5) is 11.6 Å². The second kappa shape index (κ2) is 10.5. The van der Waals surface area contributed by atoms with Gasteiger partial charge in [0.25, 0.3) is 0 Å². The lowest BCUT2D eigenvalue weighted by molar-refractivity contribution is 0.0693. The molecule has 0 spiro atoms. The number of ether oxygens (including phenoxy) is 3. The molecule has 11 heteroatoms. The zero-order chi connectivity index (χ0) is 24.9. The fraction of sp³-hybridized carbons (Fsp3) is 0.0833. The molecule has 0 atom stereocenters. The van der Waals surface area contributed by atoms with Gasteiger partial charge in [0.1, 0.15) is 17.1 Å². The van der Waals surface area contributed by atoms with Gasteiger partial charge in [-0.1, -0.05) is 29.3 Å². The van der Waals surface area contributed by atoms with Gasteiger partial charge in [-0.15, -0.1) is 0 Å². The molecule has 0 unspecified atom stereocenters. The van der Waals surface area contributed by atoms with Crippen molar-refractivity contribution in [2.75, 3.05) is 19.5 Å². The fourth-order valence-corrected chi connectivity index (χ4v) is 3.55. The van der Waals surface area contributed by atoms with Gasteiger partial charge in [0.2, 0.25) is 5.95 Å². The van der Waals surface area contributed by atoms with Crippen molar-refractivity contribution in [3.63, 3.8) is 0 Å². The number of nitrogens with one attached hydrogen (secondary N) is 1. The minimum Gasteiger partial charge on any atom is -0.497 e. The molecule has 2 N–H and O–H groups in total. The Morgan fingerprint density at radius 3 is 2.26 bits per heavy atom. The maximum absolute atomic E-state index is 11.4. The van der Waals surface area contributed by atoms with Crippen LogP contribution in [0.3, 0.4) is 0 Å². The van der Waals surface area contributed by atoms with E-state index >= 15 is 0 Å². The van der Waals surface area contributed by atoms with Crippen LogP contribution in [0.1, 0.15) is 10.4 Å². The predicted octanol–water partition coefficient (Wildman–Crippen LogP) is 6.10. The van der Waals surface area contributed by atoms with Crippen LogP contribution in [0.5, 0.6) is 23.3 Å². The molecule has 1 aromatic heterocycles. The van der Waals surface area contributed by atoms with E-state index in [1.54, 1.807) is 55.6 Å². The molecule has 4 rings (SSSR count). The van der Waals surface area contributed by atoms with Gasteiger partial charge < -0.3 is 24.6 Å². The highest BCUT2D eigenvalue weighted by atomic mass is 35.5. The number of methoxy groups -OCH3 is 2. The van der Waals surface area contributed by atoms with Crippen molar-refractivity contribution in [1.29, 1.82) is 0 Å². The number of carbonyl (C=O) groups is 1. The van der Waals surface area contributed by atoms with Crippen LogP contribution in [0.15, 0.2) is 60.7 Å². The van der Waals surface area contributed by atoms with Gasteiger partial charge in [-0.2, -0.15) is 15.0 Å². The molecule has 0 aliphatic heterocycles. The number of halogens is 2. The zero-order valence-electron chi connectivity index (χ0n) is 18.5. The van der Waals surface area contributed by atoms with Gasteiger partial charge in [-0.05, 0) is 48.5 Å². The molecule has 178 valence electrons. The van der Waals surface area contributed by atoms with Crippen molar-refractivity contribution >= 4 is 40.8 Å². The van der Waals surface area contributed by atoms with E-state index in [-0.39, 0.29) is 39.1 Å². The van der Waals surface area contributed by atoms with Crippen LogP contribution in [0.25, 0.3) is 11.4 Å². The molecule has 0 saturated carbocycles. The molecule has 0 saturated heterocycles. The number of anilines is 2. The average molecular weight is 513 g/mol. The number of benzene rings is 3. The Labute approximate surface area is 210 Å². The van der Waals surface area contributed by atoms with E-state index in [4.69, 9.17) is 37.4 Å². The quantitative estimate of drug-likeness (QED) is 0.288. The van der Waals surface area contributed by atoms with Crippen molar-refractivity contribution < 1.29 is 24.1 Å². The van der Waals surface area contributed by atoms with Gasteiger partial charge in [-0.25, -0.2) is 4.79 Å². The van der Waals surface area contributed by atoms with Crippen LogP contribution in [-0.4, -0.2) is 40.2 Å². The first kappa shape index (κ1) is 24.1. The van der Waals surface area contributed by atoms with E-state index in [2.05, 4.69) is 20.3 Å². The first-order chi connectivity index (χ1) is 16.9. The SMILES string of the molecule is COc1ccc(-c2nc(Nc3ccc(C(=O)O)c(OC)c3)nc(Oc3c(Cl)cccc3Cl)n2)cc1. The smallest absolute Gasteiger partial charge is 0.339 e. The average Bonchev–Trinajstić information content (AvgIpc) is 2.86. The molecule has 35 heavy (non-hydrogen) atoms. The summed E-state index contributed by atoms with van der Waals surface area (Å²) in [4.78, 5) is 24.6. The largest absolute Gasteiger partial charge is 0.497 e. The van der Waals surface area contributed by atoms with E-state index in [0.29, 0.717) is 22.8 Å². The molecule has 0 radical (unpaired) electrons. The molecular formula is C24H18Cl2N4O5. The summed E-state index contributed by atoms with van der Waals surface area (Å²) in [5.41, 5.74) is 1.18. The lowest BCUT2D eigenvalue weighted by Crippen LogP contribution is -2.05. The number of aromatic nitrogens is 3. The minimum atomic E-state index is -1.11. The third kappa shape index (κ3) is 5.53. The van der Waals surface area contributed by atoms with Crippen LogP contribution < -0.4 is 19.5 Å². The van der Waals surface area contributed by atoms with Gasteiger partial charge in [0.15, 0.2) is 11.6 Å². The van der Waals surface area contributed by atoms with Crippen LogP contribution in [0.2, 0.25) is 10.0 Å². The summed E-state index contributed by atoms with van der Waals surface area (Å²) < 4.78 is 16.2. The maximum Gasteiger partial charge on any atom is 0.339 e. The third-order valence-corrected chi connectivity index (χ3v) is 5.36. The molecule has 1 heterocycles. The Balaban J connectivity index is 1.75. The molecule has 4 aromatic rings. The third-order valence-electron chi connectivity index (χ3n) is 4.76. The van der Waals surface area contributed by atoms with Gasteiger partial charge in [-0.3, -0.25) is 0 Å². The summed E-state index contributed by atoms with van der Waals surface area (Å²) in [6.45, 7) is 0. The van der Waals surface area contributed by atoms with Gasteiger partial charge >= 0.3 is 12.0 Å². The van der Waals surface area contributed by atoms with E-state index in [1.165, 1.54) is 19.2 Å². The van der Waals surface area contributed by atoms with Crippen LogP contribution >= 0.6 is 23.2 Å². The van der Waals surface area contributed by atoms with E-state index in [0.717, 1.165) is 0 Å². The van der Waals surface area contributed by atoms with Crippen molar-refractivity contribution in [1.82, 2.24) is 15.0 Å². The summed E-state index contributed by atoms with van der Waals surface area (Å²) in [7, 11) is 2.96. The monoisotopic (exact) mass is 512 g/mol. The van der Waals surface area contributed by atoms with Crippen molar-refractivity contribution in [3.05, 3.63) is 76.3 Å². The highest BCUT2D eigenvalue weighted by Gasteiger charge is 2.16. The van der Waals surface area contributed by atoms with Crippen LogP contribution in [0, 0.1) is 0 Å². The Hall–Kier alpha value is -4.08. The molecule has 0 bridgehead atoms. The summed E-state index contributed by atoms with van der Waals surface area (Å²) in [6, 6.07) is 16.5. The minimum absolute atomic E-state index is 0.0185. The summed E-state index contributed by atoms with van der Waals surface area (Å²) in [5.74, 6) is 0.368.